The Labute approximate surface area is 157 Å². The summed E-state index contributed by atoms with van der Waals surface area (Å²) in [5.74, 6) is 1.11. The number of halogens is 1. The molecule has 0 saturated carbocycles. The van der Waals surface area contributed by atoms with E-state index in [-0.39, 0.29) is 0 Å². The van der Waals surface area contributed by atoms with E-state index in [1.54, 1.807) is 11.3 Å². The quantitative estimate of drug-likeness (QED) is 0.467. The normalized spacial score (nSPS) is 11.2. The molecule has 0 bridgehead atoms. The fraction of sp³-hybridized carbons (Fsp3) is 0.167. The van der Waals surface area contributed by atoms with Gasteiger partial charge in [0.15, 0.2) is 0 Å². The number of anilines is 1. The van der Waals surface area contributed by atoms with Crippen molar-refractivity contribution in [3.05, 3.63) is 57.8 Å². The summed E-state index contributed by atoms with van der Waals surface area (Å²) >= 11 is 5.16. The second-order valence-electron chi connectivity index (χ2n) is 5.75. The number of thiazole rings is 1. The molecule has 0 unspecified atom stereocenters. The summed E-state index contributed by atoms with van der Waals surface area (Å²) in [7, 11) is 2.01. The molecule has 0 fully saturated rings. The number of benzene rings is 2. The van der Waals surface area contributed by atoms with Crippen LogP contribution in [-0.2, 0) is 6.54 Å². The van der Waals surface area contributed by atoms with Crippen molar-refractivity contribution in [1.29, 1.82) is 0 Å². The van der Waals surface area contributed by atoms with Gasteiger partial charge in [-0.1, -0.05) is 22.0 Å². The standard InChI is InChI=1S/C18H15BrN4OS/c1-11-20-15-7-6-14(9-16(15)25-11)23(2)10-17-21-22-18(24-17)12-4-3-5-13(19)8-12/h3-9H,10H2,1-2H3. The summed E-state index contributed by atoms with van der Waals surface area (Å²) in [5, 5.41) is 9.40. The largest absolute Gasteiger partial charge is 0.419 e. The highest BCUT2D eigenvalue weighted by atomic mass is 79.9. The van der Waals surface area contributed by atoms with Gasteiger partial charge in [-0.15, -0.1) is 21.5 Å². The molecule has 0 N–H and O–H groups in total. The smallest absolute Gasteiger partial charge is 0.247 e. The SMILES string of the molecule is Cc1nc2ccc(N(C)Cc3nnc(-c4cccc(Br)c4)o3)cc2s1. The number of hydrogen-bond donors (Lipinski definition) is 0. The van der Waals surface area contributed by atoms with Gasteiger partial charge in [-0.25, -0.2) is 4.98 Å². The minimum Gasteiger partial charge on any atom is -0.419 e. The number of aromatic nitrogens is 3. The molecule has 0 saturated heterocycles. The third-order valence-corrected chi connectivity index (χ3v) is 5.26. The fourth-order valence-corrected chi connectivity index (χ4v) is 3.88. The highest BCUT2D eigenvalue weighted by Crippen LogP contribution is 2.27. The molecule has 0 amide bonds. The van der Waals surface area contributed by atoms with Crippen molar-refractivity contribution in [2.24, 2.45) is 0 Å². The summed E-state index contributed by atoms with van der Waals surface area (Å²) in [6, 6.07) is 14.1. The summed E-state index contributed by atoms with van der Waals surface area (Å²) in [4.78, 5) is 6.59. The van der Waals surface area contributed by atoms with Crippen LogP contribution < -0.4 is 4.90 Å². The molecule has 25 heavy (non-hydrogen) atoms. The Hall–Kier alpha value is -2.25. The van der Waals surface area contributed by atoms with Crippen LogP contribution in [0.2, 0.25) is 0 Å². The van der Waals surface area contributed by atoms with Crippen LogP contribution in [0.25, 0.3) is 21.7 Å². The van der Waals surface area contributed by atoms with E-state index in [2.05, 4.69) is 48.1 Å². The lowest BCUT2D eigenvalue weighted by Crippen LogP contribution is -2.16. The molecule has 2 aromatic carbocycles. The van der Waals surface area contributed by atoms with Crippen LogP contribution in [0, 0.1) is 6.92 Å². The lowest BCUT2D eigenvalue weighted by Gasteiger charge is -2.16. The Bertz CT molecular complexity index is 1040. The lowest BCUT2D eigenvalue weighted by atomic mass is 10.2. The molecule has 0 spiro atoms. The predicted octanol–water partition coefficient (Wildman–Crippen LogP) is 5.05. The summed E-state index contributed by atoms with van der Waals surface area (Å²) in [6.45, 7) is 2.57. The molecular weight excluding hydrogens is 400 g/mol. The number of nitrogens with zero attached hydrogens (tertiary/aromatic N) is 4. The topological polar surface area (TPSA) is 55.1 Å². The summed E-state index contributed by atoms with van der Waals surface area (Å²) in [5.41, 5.74) is 3.03. The first-order valence-corrected chi connectivity index (χ1v) is 9.36. The zero-order chi connectivity index (χ0) is 17.4. The van der Waals surface area contributed by atoms with Crippen molar-refractivity contribution in [3.8, 4) is 11.5 Å². The summed E-state index contributed by atoms with van der Waals surface area (Å²) in [6.07, 6.45) is 0. The van der Waals surface area contributed by atoms with E-state index in [0.717, 1.165) is 26.2 Å². The highest BCUT2D eigenvalue weighted by molar-refractivity contribution is 9.10. The molecule has 0 atom stereocenters. The van der Waals surface area contributed by atoms with E-state index >= 15 is 0 Å². The number of hydrogen-bond acceptors (Lipinski definition) is 6. The van der Waals surface area contributed by atoms with Crippen LogP contribution in [0.4, 0.5) is 5.69 Å². The van der Waals surface area contributed by atoms with Gasteiger partial charge in [-0.3, -0.25) is 0 Å². The van der Waals surface area contributed by atoms with Gasteiger partial charge >= 0.3 is 0 Å². The fourth-order valence-electron chi connectivity index (χ4n) is 2.62. The van der Waals surface area contributed by atoms with Gasteiger partial charge in [0.2, 0.25) is 11.8 Å². The molecule has 2 heterocycles. The first-order valence-electron chi connectivity index (χ1n) is 7.75. The van der Waals surface area contributed by atoms with Crippen LogP contribution in [0.1, 0.15) is 10.9 Å². The van der Waals surface area contributed by atoms with Gasteiger partial charge < -0.3 is 9.32 Å². The summed E-state index contributed by atoms with van der Waals surface area (Å²) < 4.78 is 7.98. The minimum absolute atomic E-state index is 0.526. The molecule has 0 aliphatic rings. The van der Waals surface area contributed by atoms with E-state index in [1.165, 1.54) is 4.70 Å². The van der Waals surface area contributed by atoms with Gasteiger partial charge in [0, 0.05) is 22.8 Å². The maximum atomic E-state index is 5.81. The third kappa shape index (κ3) is 3.43. The molecule has 5 nitrogen and oxygen atoms in total. The van der Waals surface area contributed by atoms with Gasteiger partial charge in [-0.2, -0.15) is 0 Å². The van der Waals surface area contributed by atoms with Crippen molar-refractivity contribution < 1.29 is 4.42 Å². The van der Waals surface area contributed by atoms with Crippen LogP contribution in [-0.4, -0.2) is 22.2 Å². The van der Waals surface area contributed by atoms with Crippen molar-refractivity contribution in [2.75, 3.05) is 11.9 Å². The molecule has 126 valence electrons. The average Bonchev–Trinajstić information content (AvgIpc) is 3.19. The van der Waals surface area contributed by atoms with Crippen LogP contribution in [0.5, 0.6) is 0 Å². The molecular formula is C18H15BrN4OS. The second kappa shape index (κ2) is 6.57. The Kier molecular flexibility index (Phi) is 4.27. The molecule has 2 aromatic heterocycles. The van der Waals surface area contributed by atoms with Crippen molar-refractivity contribution in [1.82, 2.24) is 15.2 Å². The molecule has 0 aliphatic heterocycles. The van der Waals surface area contributed by atoms with Crippen LogP contribution in [0.15, 0.2) is 51.4 Å². The monoisotopic (exact) mass is 414 g/mol. The molecule has 4 aromatic rings. The Morgan fingerprint density at radius 1 is 1.16 bits per heavy atom. The van der Waals surface area contributed by atoms with E-state index < -0.39 is 0 Å². The Morgan fingerprint density at radius 3 is 2.88 bits per heavy atom. The molecule has 4 rings (SSSR count). The van der Waals surface area contributed by atoms with Crippen LogP contribution in [0.3, 0.4) is 0 Å². The number of fused-ring (bicyclic) bond motifs is 1. The van der Waals surface area contributed by atoms with Crippen molar-refractivity contribution in [2.45, 2.75) is 13.5 Å². The van der Waals surface area contributed by atoms with Crippen molar-refractivity contribution >= 4 is 43.2 Å². The first-order chi connectivity index (χ1) is 12.1. The second-order valence-corrected chi connectivity index (χ2v) is 7.90. The van der Waals surface area contributed by atoms with Gasteiger partial charge in [0.1, 0.15) is 0 Å². The van der Waals surface area contributed by atoms with E-state index in [9.17, 15) is 0 Å². The van der Waals surface area contributed by atoms with Crippen molar-refractivity contribution in [3.63, 3.8) is 0 Å². The lowest BCUT2D eigenvalue weighted by molar-refractivity contribution is 0.503. The third-order valence-electron chi connectivity index (χ3n) is 3.83. The zero-order valence-corrected chi connectivity index (χ0v) is 16.1. The number of rotatable bonds is 4. The van der Waals surface area contributed by atoms with E-state index in [4.69, 9.17) is 4.42 Å². The molecule has 0 radical (unpaired) electrons. The first kappa shape index (κ1) is 16.2. The number of aryl methyl sites for hydroxylation is 1. The van der Waals surface area contributed by atoms with Crippen LogP contribution >= 0.6 is 27.3 Å². The van der Waals surface area contributed by atoms with Gasteiger partial charge in [0.05, 0.1) is 21.8 Å². The van der Waals surface area contributed by atoms with Gasteiger partial charge in [0.25, 0.3) is 0 Å². The Morgan fingerprint density at radius 2 is 2.04 bits per heavy atom. The maximum Gasteiger partial charge on any atom is 0.247 e. The Balaban J connectivity index is 1.54. The highest BCUT2D eigenvalue weighted by Gasteiger charge is 2.12. The molecule has 0 aliphatic carbocycles. The van der Waals surface area contributed by atoms with E-state index in [1.807, 2.05) is 44.3 Å². The zero-order valence-electron chi connectivity index (χ0n) is 13.7. The maximum absolute atomic E-state index is 5.81. The minimum atomic E-state index is 0.526. The average molecular weight is 415 g/mol. The van der Waals surface area contributed by atoms with Gasteiger partial charge in [-0.05, 0) is 43.3 Å². The van der Waals surface area contributed by atoms with E-state index in [0.29, 0.717) is 18.3 Å². The molecule has 7 heteroatoms. The predicted molar refractivity (Wildman–Crippen MR) is 104 cm³/mol.